The summed E-state index contributed by atoms with van der Waals surface area (Å²) in [5, 5.41) is 9.76. The summed E-state index contributed by atoms with van der Waals surface area (Å²) in [6.07, 6.45) is 3.03. The van der Waals surface area contributed by atoms with E-state index in [4.69, 9.17) is 4.74 Å². The molecule has 2 unspecified atom stereocenters. The zero-order valence-corrected chi connectivity index (χ0v) is 21.0. The molecule has 1 saturated heterocycles. The van der Waals surface area contributed by atoms with Crippen LogP contribution in [0.2, 0.25) is 0 Å². The maximum Gasteiger partial charge on any atom is 0.410 e. The molecule has 8 nitrogen and oxygen atoms in total. The van der Waals surface area contributed by atoms with Crippen LogP contribution in [0.1, 0.15) is 78.3 Å². The summed E-state index contributed by atoms with van der Waals surface area (Å²) >= 11 is 0. The van der Waals surface area contributed by atoms with Gasteiger partial charge in [-0.25, -0.2) is 23.5 Å². The first-order valence-corrected chi connectivity index (χ1v) is 12.3. The van der Waals surface area contributed by atoms with Gasteiger partial charge < -0.3 is 19.1 Å². The van der Waals surface area contributed by atoms with Gasteiger partial charge in [0.25, 0.3) is 6.43 Å². The fourth-order valence-corrected chi connectivity index (χ4v) is 5.29. The van der Waals surface area contributed by atoms with Crippen LogP contribution in [0.3, 0.4) is 0 Å². The molecule has 0 bridgehead atoms. The number of nitrogens with zero attached hydrogens (tertiary/aromatic N) is 6. The van der Waals surface area contributed by atoms with E-state index in [1.165, 1.54) is 12.5 Å². The molecule has 0 radical (unpaired) electrons. The highest BCUT2D eigenvalue weighted by Crippen LogP contribution is 2.40. The number of fused-ring (bicyclic) bond motifs is 1. The molecule has 1 saturated carbocycles. The van der Waals surface area contributed by atoms with Crippen LogP contribution in [-0.4, -0.2) is 56.3 Å². The van der Waals surface area contributed by atoms with Gasteiger partial charge in [0.1, 0.15) is 23.4 Å². The Bertz CT molecular complexity index is 1120. The number of anilines is 1. The Morgan fingerprint density at radius 1 is 1.20 bits per heavy atom. The molecule has 4 rings (SSSR count). The maximum absolute atomic E-state index is 14.3. The van der Waals surface area contributed by atoms with Crippen molar-refractivity contribution in [2.45, 2.75) is 90.5 Å². The molecule has 1 aliphatic heterocycles. The topological polar surface area (TPSA) is 87.3 Å². The number of amides is 1. The van der Waals surface area contributed by atoms with E-state index in [2.05, 4.69) is 16.0 Å². The lowest BCUT2D eigenvalue weighted by molar-refractivity contribution is 0.0130. The third kappa shape index (κ3) is 5.04. The van der Waals surface area contributed by atoms with Gasteiger partial charge in [-0.3, -0.25) is 0 Å². The summed E-state index contributed by atoms with van der Waals surface area (Å²) in [6.45, 7) is 10.2. The lowest BCUT2D eigenvalue weighted by Crippen LogP contribution is -2.59. The van der Waals surface area contributed by atoms with Crippen molar-refractivity contribution >= 4 is 22.9 Å². The molecule has 10 heteroatoms. The van der Waals surface area contributed by atoms with Crippen molar-refractivity contribution in [3.63, 3.8) is 0 Å². The third-order valence-corrected chi connectivity index (χ3v) is 6.96. The van der Waals surface area contributed by atoms with Crippen molar-refractivity contribution in [3.05, 3.63) is 18.1 Å². The molecule has 35 heavy (non-hydrogen) atoms. The SMILES string of the molecule is C[C@@H]1CN(c2ncnc3c2c(C(F)F)cn3C2CCCC(C#N)C2)[C@@H](C)CN1C(=O)OC(C)(C)C. The van der Waals surface area contributed by atoms with Crippen molar-refractivity contribution < 1.29 is 18.3 Å². The number of nitriles is 1. The van der Waals surface area contributed by atoms with Crippen molar-refractivity contribution in [2.24, 2.45) is 5.92 Å². The third-order valence-electron chi connectivity index (χ3n) is 6.96. The van der Waals surface area contributed by atoms with E-state index in [1.807, 2.05) is 44.1 Å². The van der Waals surface area contributed by atoms with E-state index in [1.54, 1.807) is 4.90 Å². The number of ether oxygens (including phenoxy) is 1. The Morgan fingerprint density at radius 2 is 1.94 bits per heavy atom. The van der Waals surface area contributed by atoms with Crippen molar-refractivity contribution in [1.29, 1.82) is 5.26 Å². The van der Waals surface area contributed by atoms with Gasteiger partial charge in [0.2, 0.25) is 0 Å². The lowest BCUT2D eigenvalue weighted by Gasteiger charge is -2.44. The zero-order chi connectivity index (χ0) is 25.5. The fourth-order valence-electron chi connectivity index (χ4n) is 5.29. The molecule has 2 aromatic heterocycles. The lowest BCUT2D eigenvalue weighted by atomic mass is 9.86. The molecule has 1 amide bonds. The summed E-state index contributed by atoms with van der Waals surface area (Å²) in [7, 11) is 0. The maximum atomic E-state index is 14.3. The summed E-state index contributed by atoms with van der Waals surface area (Å²) < 4.78 is 35.9. The summed E-state index contributed by atoms with van der Waals surface area (Å²) in [6, 6.07) is 1.93. The molecular formula is C25H34F2N6O2. The molecule has 2 aliphatic rings. The summed E-state index contributed by atoms with van der Waals surface area (Å²) in [4.78, 5) is 25.3. The van der Waals surface area contributed by atoms with E-state index in [0.717, 1.165) is 19.3 Å². The average Bonchev–Trinajstić information content (AvgIpc) is 3.19. The van der Waals surface area contributed by atoms with E-state index < -0.39 is 12.0 Å². The van der Waals surface area contributed by atoms with Gasteiger partial charge in [0.05, 0.1) is 11.5 Å². The Labute approximate surface area is 204 Å². The molecule has 4 atom stereocenters. The monoisotopic (exact) mass is 488 g/mol. The highest BCUT2D eigenvalue weighted by molar-refractivity contribution is 5.92. The normalized spacial score (nSPS) is 25.7. The molecule has 0 N–H and O–H groups in total. The Kier molecular flexibility index (Phi) is 6.89. The summed E-state index contributed by atoms with van der Waals surface area (Å²) in [5.74, 6) is 0.379. The first kappa shape index (κ1) is 25.1. The minimum atomic E-state index is -2.69. The number of alkyl halides is 2. The van der Waals surface area contributed by atoms with Gasteiger partial charge in [0.15, 0.2) is 0 Å². The van der Waals surface area contributed by atoms with Gasteiger partial charge in [-0.15, -0.1) is 0 Å². The number of rotatable bonds is 3. The van der Waals surface area contributed by atoms with E-state index in [9.17, 15) is 18.8 Å². The Balaban J connectivity index is 1.69. The molecule has 2 aromatic rings. The van der Waals surface area contributed by atoms with Gasteiger partial charge in [-0.05, 0) is 53.9 Å². The number of hydrogen-bond donors (Lipinski definition) is 0. The summed E-state index contributed by atoms with van der Waals surface area (Å²) in [5.41, 5.74) is -0.221. The average molecular weight is 489 g/mol. The quantitative estimate of drug-likeness (QED) is 0.570. The molecular weight excluding hydrogens is 454 g/mol. The number of piperazine rings is 1. The van der Waals surface area contributed by atoms with Gasteiger partial charge in [0, 0.05) is 48.9 Å². The van der Waals surface area contributed by atoms with E-state index >= 15 is 0 Å². The largest absolute Gasteiger partial charge is 0.444 e. The smallest absolute Gasteiger partial charge is 0.410 e. The highest BCUT2D eigenvalue weighted by atomic mass is 19.3. The Hall–Kier alpha value is -2.96. The molecule has 3 heterocycles. The molecule has 2 fully saturated rings. The molecule has 0 aromatic carbocycles. The predicted molar refractivity (Wildman–Crippen MR) is 128 cm³/mol. The van der Waals surface area contributed by atoms with Crippen LogP contribution in [0.25, 0.3) is 11.0 Å². The van der Waals surface area contributed by atoms with Crippen LogP contribution in [0.5, 0.6) is 0 Å². The predicted octanol–water partition coefficient (Wildman–Crippen LogP) is 5.46. The zero-order valence-electron chi connectivity index (χ0n) is 21.0. The van der Waals surface area contributed by atoms with Gasteiger partial charge >= 0.3 is 6.09 Å². The minimum absolute atomic E-state index is 0.0495. The highest BCUT2D eigenvalue weighted by Gasteiger charge is 2.37. The molecule has 0 spiro atoms. The number of halogens is 2. The first-order chi connectivity index (χ1) is 16.5. The number of carbonyl (C=O) groups excluding carboxylic acids is 1. The molecule has 1 aliphatic carbocycles. The second-order valence-electron chi connectivity index (χ2n) is 10.8. The second kappa shape index (κ2) is 9.59. The number of aromatic nitrogens is 3. The standard InChI is InChI=1S/C25H34F2N6O2/c1-15-12-32(24(34)35-25(3,4)5)16(2)11-31(15)22-20-19(21(26)27)13-33(23(20)30-14-29-22)18-8-6-7-17(9-18)10-28/h13-18,21H,6-9,11-12H2,1-5H3/t15-,16+,17?,18?/m0/s1. The van der Waals surface area contributed by atoms with Gasteiger partial charge in [-0.2, -0.15) is 5.26 Å². The first-order valence-electron chi connectivity index (χ1n) is 12.3. The minimum Gasteiger partial charge on any atom is -0.444 e. The van der Waals surface area contributed by atoms with Crippen molar-refractivity contribution in [2.75, 3.05) is 18.0 Å². The van der Waals surface area contributed by atoms with Crippen LogP contribution in [-0.2, 0) is 4.74 Å². The van der Waals surface area contributed by atoms with E-state index in [0.29, 0.717) is 36.4 Å². The van der Waals surface area contributed by atoms with Gasteiger partial charge in [-0.1, -0.05) is 6.42 Å². The van der Waals surface area contributed by atoms with Crippen molar-refractivity contribution in [1.82, 2.24) is 19.4 Å². The number of hydrogen-bond acceptors (Lipinski definition) is 6. The fraction of sp³-hybridized carbons (Fsp3) is 0.680. The van der Waals surface area contributed by atoms with Crippen LogP contribution in [0, 0.1) is 17.2 Å². The van der Waals surface area contributed by atoms with E-state index in [-0.39, 0.29) is 35.7 Å². The second-order valence-corrected chi connectivity index (χ2v) is 10.8. The van der Waals surface area contributed by atoms with Crippen LogP contribution in [0.15, 0.2) is 12.5 Å². The van der Waals surface area contributed by atoms with Crippen LogP contribution < -0.4 is 4.90 Å². The number of carbonyl (C=O) groups is 1. The molecule has 190 valence electrons. The van der Waals surface area contributed by atoms with Crippen LogP contribution in [0.4, 0.5) is 19.4 Å². The van der Waals surface area contributed by atoms with Crippen LogP contribution >= 0.6 is 0 Å². The Morgan fingerprint density at radius 3 is 2.60 bits per heavy atom. The van der Waals surface area contributed by atoms with Crippen molar-refractivity contribution in [3.8, 4) is 6.07 Å².